The fraction of sp³-hybridized carbons (Fsp3) is 0.350. The smallest absolute Gasteiger partial charge is 0.252 e. The third-order valence-electron chi connectivity index (χ3n) is 5.01. The first-order valence-corrected chi connectivity index (χ1v) is 9.76. The molecular weight excluding hydrogens is 360 g/mol. The van der Waals surface area contributed by atoms with E-state index in [9.17, 15) is 14.9 Å². The van der Waals surface area contributed by atoms with E-state index in [4.69, 9.17) is 0 Å². The summed E-state index contributed by atoms with van der Waals surface area (Å²) >= 11 is 1.48. The van der Waals surface area contributed by atoms with Gasteiger partial charge in [-0.05, 0) is 50.8 Å². The van der Waals surface area contributed by atoms with Gasteiger partial charge in [-0.3, -0.25) is 14.5 Å². The molecule has 0 atom stereocenters. The Morgan fingerprint density at radius 2 is 2.15 bits per heavy atom. The molecule has 2 heterocycles. The number of aryl methyl sites for hydroxylation is 1. The van der Waals surface area contributed by atoms with Crippen LogP contribution < -0.4 is 15.5 Å². The number of nitriles is 1. The lowest BCUT2D eigenvalue weighted by Crippen LogP contribution is -2.55. The first-order valence-electron chi connectivity index (χ1n) is 8.94. The van der Waals surface area contributed by atoms with Crippen LogP contribution in [0.2, 0.25) is 0 Å². The highest BCUT2D eigenvalue weighted by Gasteiger charge is 2.39. The van der Waals surface area contributed by atoms with Crippen molar-refractivity contribution in [3.63, 3.8) is 0 Å². The number of benzene rings is 1. The molecule has 7 heteroatoms. The third kappa shape index (κ3) is 2.96. The quantitative estimate of drug-likeness (QED) is 0.856. The van der Waals surface area contributed by atoms with E-state index in [0.29, 0.717) is 16.3 Å². The maximum atomic E-state index is 12.9. The predicted octanol–water partition coefficient (Wildman–Crippen LogP) is 3.28. The number of rotatable bonds is 3. The van der Waals surface area contributed by atoms with Crippen molar-refractivity contribution in [2.45, 2.75) is 38.6 Å². The normalized spacial score (nSPS) is 16.9. The van der Waals surface area contributed by atoms with Crippen LogP contribution in [0.3, 0.4) is 0 Å². The second-order valence-corrected chi connectivity index (χ2v) is 8.49. The van der Waals surface area contributed by atoms with Crippen molar-refractivity contribution in [3.05, 3.63) is 40.3 Å². The van der Waals surface area contributed by atoms with E-state index in [0.717, 1.165) is 30.5 Å². The van der Waals surface area contributed by atoms with Gasteiger partial charge in [-0.2, -0.15) is 5.26 Å². The van der Waals surface area contributed by atoms with Gasteiger partial charge in [0.25, 0.3) is 5.91 Å². The zero-order valence-electron chi connectivity index (χ0n) is 15.3. The lowest BCUT2D eigenvalue weighted by atomic mass is 9.98. The van der Waals surface area contributed by atoms with Gasteiger partial charge in [0.15, 0.2) is 0 Å². The minimum absolute atomic E-state index is 0.0889. The van der Waals surface area contributed by atoms with Crippen LogP contribution >= 0.6 is 11.3 Å². The monoisotopic (exact) mass is 380 g/mol. The van der Waals surface area contributed by atoms with Crippen LogP contribution in [-0.2, 0) is 22.4 Å². The van der Waals surface area contributed by atoms with Gasteiger partial charge in [0.2, 0.25) is 5.91 Å². The molecule has 6 nitrogen and oxygen atoms in total. The Kier molecular flexibility index (Phi) is 4.16. The van der Waals surface area contributed by atoms with Gasteiger partial charge in [-0.1, -0.05) is 12.1 Å². The molecule has 2 aliphatic rings. The van der Waals surface area contributed by atoms with Crippen LogP contribution in [0.4, 0.5) is 16.4 Å². The van der Waals surface area contributed by atoms with E-state index in [1.165, 1.54) is 21.1 Å². The first kappa shape index (κ1) is 17.6. The first-order chi connectivity index (χ1) is 12.9. The average Bonchev–Trinajstić information content (AvgIpc) is 3.19. The van der Waals surface area contributed by atoms with Gasteiger partial charge in [0.1, 0.15) is 23.2 Å². The molecule has 0 radical (unpaired) electrons. The van der Waals surface area contributed by atoms with Gasteiger partial charge in [0, 0.05) is 4.88 Å². The highest BCUT2D eigenvalue weighted by Crippen LogP contribution is 2.39. The Morgan fingerprint density at radius 3 is 2.93 bits per heavy atom. The van der Waals surface area contributed by atoms with Crippen LogP contribution in [-0.4, -0.2) is 23.9 Å². The Balaban J connectivity index is 1.58. The minimum atomic E-state index is -0.795. The van der Waals surface area contributed by atoms with Crippen molar-refractivity contribution in [2.24, 2.45) is 0 Å². The molecule has 0 bridgehead atoms. The predicted molar refractivity (Wildman–Crippen MR) is 106 cm³/mol. The van der Waals surface area contributed by atoms with E-state index in [2.05, 4.69) is 16.7 Å². The zero-order chi connectivity index (χ0) is 19.2. The number of carbonyl (C=O) groups excluding carboxylic acids is 2. The molecule has 1 aromatic heterocycles. The summed E-state index contributed by atoms with van der Waals surface area (Å²) in [7, 11) is 0. The molecule has 2 amide bonds. The highest BCUT2D eigenvalue weighted by atomic mass is 32.1. The number of para-hydroxylation sites is 2. The largest absolute Gasteiger partial charge is 0.370 e. The highest BCUT2D eigenvalue weighted by molar-refractivity contribution is 7.16. The maximum absolute atomic E-state index is 12.9. The van der Waals surface area contributed by atoms with E-state index < -0.39 is 5.54 Å². The van der Waals surface area contributed by atoms with Crippen LogP contribution in [0.15, 0.2) is 24.3 Å². The standard InChI is InChI=1S/C20H20N4O2S/c1-20(2)19(26)24(15-8-4-3-7-14(15)23-20)11-17(25)22-18-13(10-21)12-6-5-9-16(12)27-18/h3-4,7-8,23H,5-6,9,11H2,1-2H3,(H,22,25). The summed E-state index contributed by atoms with van der Waals surface area (Å²) in [5.74, 6) is -0.460. The molecule has 0 saturated carbocycles. The van der Waals surface area contributed by atoms with Crippen molar-refractivity contribution < 1.29 is 9.59 Å². The van der Waals surface area contributed by atoms with Crippen molar-refractivity contribution in [1.82, 2.24) is 0 Å². The molecule has 0 saturated heterocycles. The summed E-state index contributed by atoms with van der Waals surface area (Å²) in [4.78, 5) is 28.3. The molecule has 1 aromatic carbocycles. The lowest BCUT2D eigenvalue weighted by Gasteiger charge is -2.39. The molecule has 1 aliphatic heterocycles. The number of anilines is 3. The Hall–Kier alpha value is -2.85. The van der Waals surface area contributed by atoms with Crippen molar-refractivity contribution in [3.8, 4) is 6.07 Å². The second kappa shape index (κ2) is 6.39. The van der Waals surface area contributed by atoms with E-state index in [-0.39, 0.29) is 18.4 Å². The summed E-state index contributed by atoms with van der Waals surface area (Å²) in [6.07, 6.45) is 2.91. The Labute approximate surface area is 161 Å². The average molecular weight is 380 g/mol. The molecule has 1 aliphatic carbocycles. The van der Waals surface area contributed by atoms with E-state index in [1.807, 2.05) is 24.3 Å². The Morgan fingerprint density at radius 1 is 1.37 bits per heavy atom. The molecule has 0 unspecified atom stereocenters. The Bertz CT molecular complexity index is 986. The van der Waals surface area contributed by atoms with Crippen LogP contribution in [0.1, 0.15) is 36.3 Å². The molecule has 138 valence electrons. The molecule has 0 fully saturated rings. The SMILES string of the molecule is CC1(C)Nc2ccccc2N(CC(=O)Nc2sc3c(c2C#N)CCC3)C1=O. The van der Waals surface area contributed by atoms with Gasteiger partial charge >= 0.3 is 0 Å². The fourth-order valence-electron chi connectivity index (χ4n) is 3.73. The summed E-state index contributed by atoms with van der Waals surface area (Å²) in [6, 6.07) is 9.68. The molecule has 0 spiro atoms. The number of hydrogen-bond donors (Lipinski definition) is 2. The second-order valence-electron chi connectivity index (χ2n) is 7.38. The number of nitrogens with one attached hydrogen (secondary N) is 2. The fourth-order valence-corrected chi connectivity index (χ4v) is 4.98. The number of carbonyl (C=O) groups is 2. The molecule has 2 aromatic rings. The maximum Gasteiger partial charge on any atom is 0.252 e. The van der Waals surface area contributed by atoms with Crippen molar-refractivity contribution >= 4 is 39.5 Å². The number of fused-ring (bicyclic) bond motifs is 2. The molecule has 4 rings (SSSR count). The van der Waals surface area contributed by atoms with Gasteiger partial charge in [-0.15, -0.1) is 11.3 Å². The van der Waals surface area contributed by atoms with E-state index in [1.54, 1.807) is 13.8 Å². The molecule has 2 N–H and O–H groups in total. The number of hydrogen-bond acceptors (Lipinski definition) is 5. The number of thiophene rings is 1. The molecule has 27 heavy (non-hydrogen) atoms. The zero-order valence-corrected chi connectivity index (χ0v) is 16.1. The number of amides is 2. The summed E-state index contributed by atoms with van der Waals surface area (Å²) in [6.45, 7) is 3.51. The van der Waals surface area contributed by atoms with E-state index >= 15 is 0 Å². The third-order valence-corrected chi connectivity index (χ3v) is 6.22. The van der Waals surface area contributed by atoms with Crippen LogP contribution in [0, 0.1) is 11.3 Å². The lowest BCUT2D eigenvalue weighted by molar-refractivity contribution is -0.124. The minimum Gasteiger partial charge on any atom is -0.370 e. The van der Waals surface area contributed by atoms with Gasteiger partial charge < -0.3 is 10.6 Å². The number of nitrogens with zero attached hydrogens (tertiary/aromatic N) is 2. The summed E-state index contributed by atoms with van der Waals surface area (Å²) in [5.41, 5.74) is 2.36. The van der Waals surface area contributed by atoms with Crippen molar-refractivity contribution in [1.29, 1.82) is 5.26 Å². The van der Waals surface area contributed by atoms with Crippen LogP contribution in [0.5, 0.6) is 0 Å². The summed E-state index contributed by atoms with van der Waals surface area (Å²) < 4.78 is 0. The van der Waals surface area contributed by atoms with Crippen molar-refractivity contribution in [2.75, 3.05) is 22.1 Å². The summed E-state index contributed by atoms with van der Waals surface area (Å²) in [5, 5.41) is 16.2. The topological polar surface area (TPSA) is 85.2 Å². The van der Waals surface area contributed by atoms with Gasteiger partial charge in [-0.25, -0.2) is 0 Å². The molecular formula is C20H20N4O2S. The van der Waals surface area contributed by atoms with Crippen LogP contribution in [0.25, 0.3) is 0 Å². The van der Waals surface area contributed by atoms with Gasteiger partial charge in [0.05, 0.1) is 16.9 Å².